The molecule has 11 heteroatoms. The number of hydrogen-bond acceptors (Lipinski definition) is 7. The molecule has 2 aromatic heterocycles. The average Bonchev–Trinajstić information content (AvgIpc) is 3.42. The molecule has 1 aromatic carbocycles. The molecule has 4 rings (SSSR count). The molecular formula is C22H24FN7O3. The minimum atomic E-state index is -0.571. The Morgan fingerprint density at radius 2 is 2.15 bits per heavy atom. The van der Waals surface area contributed by atoms with Crippen molar-refractivity contribution >= 4 is 17.7 Å². The maximum atomic E-state index is 14.9. The summed E-state index contributed by atoms with van der Waals surface area (Å²) in [7, 11) is 1.96. The minimum Gasteiger partial charge on any atom is -0.442 e. The molecule has 1 atom stereocenters. The lowest BCUT2D eigenvalue weighted by atomic mass is 10.1. The number of carbonyl (C=O) groups is 2. The Morgan fingerprint density at radius 3 is 2.82 bits per heavy atom. The van der Waals surface area contributed by atoms with Crippen LogP contribution in [0.4, 0.5) is 14.9 Å². The summed E-state index contributed by atoms with van der Waals surface area (Å²) in [6, 6.07) is 8.26. The first-order valence-corrected chi connectivity index (χ1v) is 10.4. The maximum Gasteiger partial charge on any atom is 0.414 e. The van der Waals surface area contributed by atoms with Crippen LogP contribution in [0.25, 0.3) is 11.1 Å². The van der Waals surface area contributed by atoms with E-state index in [2.05, 4.69) is 30.6 Å². The van der Waals surface area contributed by atoms with Gasteiger partial charge in [0.15, 0.2) is 0 Å². The van der Waals surface area contributed by atoms with Gasteiger partial charge in [-0.25, -0.2) is 9.18 Å². The highest BCUT2D eigenvalue weighted by Crippen LogP contribution is 2.29. The van der Waals surface area contributed by atoms with Crippen LogP contribution in [0.2, 0.25) is 0 Å². The third-order valence-corrected chi connectivity index (χ3v) is 5.19. The van der Waals surface area contributed by atoms with Gasteiger partial charge in [0.2, 0.25) is 5.91 Å². The van der Waals surface area contributed by atoms with Crippen LogP contribution in [0.5, 0.6) is 0 Å². The molecule has 1 saturated heterocycles. The van der Waals surface area contributed by atoms with E-state index < -0.39 is 18.0 Å². The van der Waals surface area contributed by atoms with Crippen LogP contribution in [0.1, 0.15) is 18.3 Å². The number of H-pyrrole nitrogens is 1. The van der Waals surface area contributed by atoms with Crippen molar-refractivity contribution in [3.63, 3.8) is 0 Å². The Hall–Kier alpha value is -3.86. The molecular weight excluding hydrogens is 429 g/mol. The second-order valence-corrected chi connectivity index (χ2v) is 7.91. The first-order chi connectivity index (χ1) is 15.9. The standard InChI is InChI=1S/C22H24FN7O3/c1-14(31)24-10-19-13-30(22(32)33-19)18-5-6-20(21(23)7-18)15-3-4-16(25-8-15)11-29(2)12-17-9-26-28-27-17/h3-9,19H,10-13H2,1-2H3,(H,24,31)(H,26,27,28)/t19-/m0/s1. The van der Waals surface area contributed by atoms with Crippen LogP contribution in [0.15, 0.2) is 42.7 Å². The second-order valence-electron chi connectivity index (χ2n) is 7.91. The van der Waals surface area contributed by atoms with E-state index >= 15 is 0 Å². The summed E-state index contributed by atoms with van der Waals surface area (Å²) in [5.41, 5.74) is 3.16. The predicted octanol–water partition coefficient (Wildman–Crippen LogP) is 2.10. The third kappa shape index (κ3) is 5.50. The van der Waals surface area contributed by atoms with E-state index in [0.717, 1.165) is 11.4 Å². The lowest BCUT2D eigenvalue weighted by Gasteiger charge is -2.16. The minimum absolute atomic E-state index is 0.207. The van der Waals surface area contributed by atoms with E-state index in [-0.39, 0.29) is 19.0 Å². The van der Waals surface area contributed by atoms with Crippen molar-refractivity contribution in [3.05, 3.63) is 59.9 Å². The molecule has 172 valence electrons. The van der Waals surface area contributed by atoms with Gasteiger partial charge < -0.3 is 10.1 Å². The lowest BCUT2D eigenvalue weighted by Crippen LogP contribution is -2.33. The molecule has 10 nitrogen and oxygen atoms in total. The molecule has 0 aliphatic carbocycles. The van der Waals surface area contributed by atoms with Crippen molar-refractivity contribution in [2.45, 2.75) is 26.1 Å². The molecule has 0 spiro atoms. The number of pyridine rings is 1. The quantitative estimate of drug-likeness (QED) is 0.537. The number of nitrogens with zero attached hydrogens (tertiary/aromatic N) is 5. The molecule has 33 heavy (non-hydrogen) atoms. The van der Waals surface area contributed by atoms with Crippen LogP contribution >= 0.6 is 0 Å². The van der Waals surface area contributed by atoms with Crippen molar-refractivity contribution < 1.29 is 18.7 Å². The van der Waals surface area contributed by atoms with Gasteiger partial charge in [0, 0.05) is 37.3 Å². The van der Waals surface area contributed by atoms with Gasteiger partial charge in [-0.3, -0.25) is 24.7 Å². The van der Waals surface area contributed by atoms with E-state index in [1.165, 1.54) is 17.9 Å². The number of hydrogen-bond donors (Lipinski definition) is 2. The molecule has 3 aromatic rings. The molecule has 0 bridgehead atoms. The summed E-state index contributed by atoms with van der Waals surface area (Å²) < 4.78 is 20.1. The zero-order valence-corrected chi connectivity index (χ0v) is 18.3. The van der Waals surface area contributed by atoms with Gasteiger partial charge in [0.25, 0.3) is 0 Å². The summed E-state index contributed by atoms with van der Waals surface area (Å²) in [6.45, 7) is 3.09. The van der Waals surface area contributed by atoms with Crippen LogP contribution in [-0.4, -0.2) is 63.5 Å². The van der Waals surface area contributed by atoms with E-state index in [4.69, 9.17) is 4.74 Å². The SMILES string of the molecule is CC(=O)NC[C@H]1CN(c2ccc(-c3ccc(CN(C)Cc4cnn[nH]4)nc3)c(F)c2)C(=O)O1. The van der Waals surface area contributed by atoms with Gasteiger partial charge >= 0.3 is 6.09 Å². The second kappa shape index (κ2) is 9.74. The fourth-order valence-electron chi connectivity index (χ4n) is 3.60. The van der Waals surface area contributed by atoms with Crippen molar-refractivity contribution in [1.82, 2.24) is 30.6 Å². The summed E-state index contributed by atoms with van der Waals surface area (Å²) in [5, 5.41) is 12.9. The van der Waals surface area contributed by atoms with Crippen LogP contribution in [-0.2, 0) is 22.6 Å². The number of rotatable bonds is 8. The fraction of sp³-hybridized carbons (Fsp3) is 0.318. The molecule has 2 amide bonds. The van der Waals surface area contributed by atoms with E-state index in [0.29, 0.717) is 29.9 Å². The first kappa shape index (κ1) is 22.3. The molecule has 1 fully saturated rings. The van der Waals surface area contributed by atoms with Crippen molar-refractivity contribution in [1.29, 1.82) is 0 Å². The van der Waals surface area contributed by atoms with Gasteiger partial charge in [-0.2, -0.15) is 0 Å². The van der Waals surface area contributed by atoms with Crippen molar-refractivity contribution in [2.75, 3.05) is 25.0 Å². The van der Waals surface area contributed by atoms with Gasteiger partial charge in [0.1, 0.15) is 11.9 Å². The van der Waals surface area contributed by atoms with E-state index in [1.54, 1.807) is 24.5 Å². The number of cyclic esters (lactones) is 1. The van der Waals surface area contributed by atoms with Crippen molar-refractivity contribution in [3.8, 4) is 11.1 Å². The Morgan fingerprint density at radius 1 is 1.30 bits per heavy atom. The monoisotopic (exact) mass is 453 g/mol. The Bertz CT molecular complexity index is 1120. The number of amides is 2. The number of anilines is 1. The average molecular weight is 453 g/mol. The van der Waals surface area contributed by atoms with Gasteiger partial charge in [-0.1, -0.05) is 11.3 Å². The first-order valence-electron chi connectivity index (χ1n) is 10.4. The van der Waals surface area contributed by atoms with E-state index in [9.17, 15) is 14.0 Å². The molecule has 2 N–H and O–H groups in total. The topological polar surface area (TPSA) is 116 Å². The summed E-state index contributed by atoms with van der Waals surface area (Å²) in [4.78, 5) is 31.1. The molecule has 0 radical (unpaired) electrons. The van der Waals surface area contributed by atoms with Crippen LogP contribution < -0.4 is 10.2 Å². The van der Waals surface area contributed by atoms with Gasteiger partial charge in [-0.05, 0) is 31.3 Å². The summed E-state index contributed by atoms with van der Waals surface area (Å²) in [5.74, 6) is -0.676. The number of aromatic nitrogens is 4. The predicted molar refractivity (Wildman–Crippen MR) is 117 cm³/mol. The summed E-state index contributed by atoms with van der Waals surface area (Å²) in [6.07, 6.45) is 2.25. The molecule has 0 unspecified atom stereocenters. The normalized spacial score (nSPS) is 15.7. The Balaban J connectivity index is 1.40. The third-order valence-electron chi connectivity index (χ3n) is 5.19. The molecule has 1 aliphatic heterocycles. The number of carbonyl (C=O) groups excluding carboxylic acids is 2. The number of nitrogens with one attached hydrogen (secondary N) is 2. The molecule has 3 heterocycles. The number of aromatic amines is 1. The van der Waals surface area contributed by atoms with Crippen LogP contribution in [0.3, 0.4) is 0 Å². The fourth-order valence-corrected chi connectivity index (χ4v) is 3.60. The number of ether oxygens (including phenoxy) is 1. The smallest absolute Gasteiger partial charge is 0.414 e. The Kier molecular flexibility index (Phi) is 6.59. The highest BCUT2D eigenvalue weighted by molar-refractivity contribution is 5.90. The summed E-state index contributed by atoms with van der Waals surface area (Å²) >= 11 is 0. The zero-order valence-electron chi connectivity index (χ0n) is 18.3. The molecule has 1 aliphatic rings. The number of benzene rings is 1. The zero-order chi connectivity index (χ0) is 23.4. The van der Waals surface area contributed by atoms with Crippen molar-refractivity contribution in [2.24, 2.45) is 0 Å². The lowest BCUT2D eigenvalue weighted by molar-refractivity contribution is -0.119. The van der Waals surface area contributed by atoms with E-state index in [1.807, 2.05) is 19.2 Å². The number of halogens is 1. The molecule has 0 saturated carbocycles. The Labute approximate surface area is 189 Å². The largest absolute Gasteiger partial charge is 0.442 e. The van der Waals surface area contributed by atoms with Gasteiger partial charge in [-0.15, -0.1) is 5.10 Å². The highest BCUT2D eigenvalue weighted by atomic mass is 19.1. The van der Waals surface area contributed by atoms with Gasteiger partial charge in [0.05, 0.1) is 36.4 Å². The maximum absolute atomic E-state index is 14.9. The van der Waals surface area contributed by atoms with Crippen LogP contribution in [0, 0.1) is 5.82 Å². The highest BCUT2D eigenvalue weighted by Gasteiger charge is 2.32.